The number of allylic oxidation sites excluding steroid dienone is 1. The van der Waals surface area contributed by atoms with E-state index in [1.807, 2.05) is 6.08 Å². The van der Waals surface area contributed by atoms with Crippen molar-refractivity contribution in [2.75, 3.05) is 0 Å². The Morgan fingerprint density at radius 2 is 2.00 bits per heavy atom. The molecule has 1 aromatic rings. The molecule has 0 spiro atoms. The monoisotopic (exact) mass is 201 g/mol. The smallest absolute Gasteiger partial charge is 0.00774 e. The SMILES string of the molecule is NC=CCc1cccc2c1CCCCC2. The normalized spacial score (nSPS) is 16.3. The fourth-order valence-corrected chi connectivity index (χ4v) is 2.42. The lowest BCUT2D eigenvalue weighted by Crippen LogP contribution is -1.97. The van der Waals surface area contributed by atoms with Gasteiger partial charge in [0.25, 0.3) is 0 Å². The molecule has 2 rings (SSSR count). The van der Waals surface area contributed by atoms with Crippen molar-refractivity contribution in [3.63, 3.8) is 0 Å². The minimum absolute atomic E-state index is 0.986. The Morgan fingerprint density at radius 1 is 1.13 bits per heavy atom. The predicted molar refractivity (Wildman–Crippen MR) is 64.7 cm³/mol. The number of aryl methyl sites for hydroxylation is 1. The quantitative estimate of drug-likeness (QED) is 0.731. The van der Waals surface area contributed by atoms with E-state index in [1.165, 1.54) is 37.7 Å². The fourth-order valence-electron chi connectivity index (χ4n) is 2.42. The van der Waals surface area contributed by atoms with Crippen LogP contribution in [0, 0.1) is 0 Å². The summed E-state index contributed by atoms with van der Waals surface area (Å²) in [5.74, 6) is 0. The highest BCUT2D eigenvalue weighted by atomic mass is 14.5. The lowest BCUT2D eigenvalue weighted by Gasteiger charge is -2.10. The number of benzene rings is 1. The van der Waals surface area contributed by atoms with E-state index in [4.69, 9.17) is 5.73 Å². The van der Waals surface area contributed by atoms with Gasteiger partial charge in [0, 0.05) is 0 Å². The Hall–Kier alpha value is -1.24. The summed E-state index contributed by atoms with van der Waals surface area (Å²) in [5.41, 5.74) is 10.0. The van der Waals surface area contributed by atoms with Crippen molar-refractivity contribution in [3.05, 3.63) is 47.2 Å². The Morgan fingerprint density at radius 3 is 2.87 bits per heavy atom. The van der Waals surface area contributed by atoms with Crippen molar-refractivity contribution in [3.8, 4) is 0 Å². The zero-order valence-electron chi connectivity index (χ0n) is 9.21. The number of fused-ring (bicyclic) bond motifs is 1. The molecule has 0 aromatic heterocycles. The number of hydrogen-bond donors (Lipinski definition) is 1. The van der Waals surface area contributed by atoms with Gasteiger partial charge in [-0.1, -0.05) is 30.7 Å². The van der Waals surface area contributed by atoms with Gasteiger partial charge in [0.15, 0.2) is 0 Å². The van der Waals surface area contributed by atoms with Crippen LogP contribution in [0.1, 0.15) is 36.0 Å². The molecule has 1 aromatic carbocycles. The molecule has 0 heterocycles. The lowest BCUT2D eigenvalue weighted by molar-refractivity contribution is 0.711. The summed E-state index contributed by atoms with van der Waals surface area (Å²) in [6.07, 6.45) is 11.3. The molecule has 80 valence electrons. The van der Waals surface area contributed by atoms with Crippen LogP contribution in [0.3, 0.4) is 0 Å². The fraction of sp³-hybridized carbons (Fsp3) is 0.429. The Balaban J connectivity index is 2.30. The molecule has 0 amide bonds. The second-order valence-electron chi connectivity index (χ2n) is 4.25. The summed E-state index contributed by atoms with van der Waals surface area (Å²) < 4.78 is 0. The first-order valence-electron chi connectivity index (χ1n) is 5.88. The zero-order chi connectivity index (χ0) is 10.5. The number of nitrogens with two attached hydrogens (primary N) is 1. The summed E-state index contributed by atoms with van der Waals surface area (Å²) in [6.45, 7) is 0. The van der Waals surface area contributed by atoms with Gasteiger partial charge in [0.1, 0.15) is 0 Å². The first-order chi connectivity index (χ1) is 7.42. The van der Waals surface area contributed by atoms with Crippen molar-refractivity contribution in [1.29, 1.82) is 0 Å². The lowest BCUT2D eigenvalue weighted by atomic mass is 9.95. The third-order valence-electron chi connectivity index (χ3n) is 3.22. The van der Waals surface area contributed by atoms with E-state index in [9.17, 15) is 0 Å². The molecule has 0 saturated carbocycles. The minimum atomic E-state index is 0.986. The number of rotatable bonds is 2. The Kier molecular flexibility index (Phi) is 3.44. The van der Waals surface area contributed by atoms with E-state index >= 15 is 0 Å². The van der Waals surface area contributed by atoms with Gasteiger partial charge >= 0.3 is 0 Å². The van der Waals surface area contributed by atoms with E-state index in [1.54, 1.807) is 17.3 Å². The van der Waals surface area contributed by atoms with Crippen LogP contribution in [0.15, 0.2) is 30.5 Å². The van der Waals surface area contributed by atoms with E-state index in [2.05, 4.69) is 18.2 Å². The van der Waals surface area contributed by atoms with Gasteiger partial charge in [-0.25, -0.2) is 0 Å². The topological polar surface area (TPSA) is 26.0 Å². The molecule has 0 aliphatic heterocycles. The van der Waals surface area contributed by atoms with Crippen molar-refractivity contribution >= 4 is 0 Å². The maximum atomic E-state index is 5.40. The van der Waals surface area contributed by atoms with Crippen LogP contribution >= 0.6 is 0 Å². The molecule has 2 N–H and O–H groups in total. The summed E-state index contributed by atoms with van der Waals surface area (Å²) in [7, 11) is 0. The van der Waals surface area contributed by atoms with Crippen LogP contribution in [0.2, 0.25) is 0 Å². The molecule has 0 unspecified atom stereocenters. The van der Waals surface area contributed by atoms with Crippen molar-refractivity contribution in [2.45, 2.75) is 38.5 Å². The summed E-state index contributed by atoms with van der Waals surface area (Å²) >= 11 is 0. The van der Waals surface area contributed by atoms with Crippen molar-refractivity contribution in [2.24, 2.45) is 5.73 Å². The molecule has 1 heteroatoms. The van der Waals surface area contributed by atoms with E-state index in [0.29, 0.717) is 0 Å². The third kappa shape index (κ3) is 2.41. The van der Waals surface area contributed by atoms with Gasteiger partial charge in [0.05, 0.1) is 0 Å². The predicted octanol–water partition coefficient (Wildman–Crippen LogP) is 2.97. The molecule has 0 fully saturated rings. The maximum Gasteiger partial charge on any atom is -0.00774 e. The molecular formula is C14H19N. The molecule has 15 heavy (non-hydrogen) atoms. The highest BCUT2D eigenvalue weighted by molar-refractivity contribution is 5.37. The van der Waals surface area contributed by atoms with Crippen molar-refractivity contribution < 1.29 is 0 Å². The Labute approximate surface area is 92.0 Å². The summed E-state index contributed by atoms with van der Waals surface area (Å²) in [6, 6.07) is 6.71. The van der Waals surface area contributed by atoms with Gasteiger partial charge < -0.3 is 5.73 Å². The highest BCUT2D eigenvalue weighted by Crippen LogP contribution is 2.24. The standard InChI is InChI=1S/C14H19N/c15-11-5-9-13-8-4-7-12-6-2-1-3-10-14(12)13/h4-5,7-8,11H,1-3,6,9-10,15H2. The average Bonchev–Trinajstić information content (AvgIpc) is 2.51. The van der Waals surface area contributed by atoms with Crippen LogP contribution in [0.5, 0.6) is 0 Å². The molecule has 0 atom stereocenters. The van der Waals surface area contributed by atoms with Crippen LogP contribution < -0.4 is 5.73 Å². The van der Waals surface area contributed by atoms with Gasteiger partial charge in [0.2, 0.25) is 0 Å². The van der Waals surface area contributed by atoms with E-state index in [0.717, 1.165) is 6.42 Å². The van der Waals surface area contributed by atoms with Crippen molar-refractivity contribution in [1.82, 2.24) is 0 Å². The third-order valence-corrected chi connectivity index (χ3v) is 3.22. The summed E-state index contributed by atoms with van der Waals surface area (Å²) in [5, 5.41) is 0. The second-order valence-corrected chi connectivity index (χ2v) is 4.25. The van der Waals surface area contributed by atoms with Gasteiger partial charge in [-0.2, -0.15) is 0 Å². The molecule has 0 saturated heterocycles. The van der Waals surface area contributed by atoms with E-state index < -0.39 is 0 Å². The van der Waals surface area contributed by atoms with Gasteiger partial charge in [-0.05, 0) is 55.0 Å². The molecule has 0 bridgehead atoms. The molecule has 0 radical (unpaired) electrons. The molecule has 1 aliphatic carbocycles. The maximum absolute atomic E-state index is 5.40. The van der Waals surface area contributed by atoms with Gasteiger partial charge in [-0.3, -0.25) is 0 Å². The van der Waals surface area contributed by atoms with Crippen LogP contribution in [-0.2, 0) is 19.3 Å². The Bertz CT molecular complexity index is 352. The molecular weight excluding hydrogens is 182 g/mol. The first-order valence-corrected chi connectivity index (χ1v) is 5.88. The minimum Gasteiger partial charge on any atom is -0.405 e. The largest absolute Gasteiger partial charge is 0.405 e. The number of hydrogen-bond acceptors (Lipinski definition) is 1. The van der Waals surface area contributed by atoms with Crippen LogP contribution in [0.25, 0.3) is 0 Å². The molecule has 1 nitrogen and oxygen atoms in total. The van der Waals surface area contributed by atoms with E-state index in [-0.39, 0.29) is 0 Å². The van der Waals surface area contributed by atoms with Gasteiger partial charge in [-0.15, -0.1) is 0 Å². The first kappa shape index (κ1) is 10.3. The molecule has 1 aliphatic rings. The highest BCUT2D eigenvalue weighted by Gasteiger charge is 2.10. The van der Waals surface area contributed by atoms with Crippen LogP contribution in [0.4, 0.5) is 0 Å². The zero-order valence-corrected chi connectivity index (χ0v) is 9.21. The second kappa shape index (κ2) is 5.01. The summed E-state index contributed by atoms with van der Waals surface area (Å²) in [4.78, 5) is 0. The average molecular weight is 201 g/mol. The van der Waals surface area contributed by atoms with Crippen LogP contribution in [-0.4, -0.2) is 0 Å².